The van der Waals surface area contributed by atoms with Gasteiger partial charge in [0, 0.05) is 47.4 Å². The normalized spacial score (nSPS) is 11.8. The molecule has 0 fully saturated rings. The number of nitrogens with zero attached hydrogens (tertiary/aromatic N) is 5. The van der Waals surface area contributed by atoms with Gasteiger partial charge in [-0.05, 0) is 20.9 Å². The van der Waals surface area contributed by atoms with E-state index >= 15 is 0 Å². The number of rotatable bonds is 4. The van der Waals surface area contributed by atoms with Crippen molar-refractivity contribution in [1.29, 1.82) is 0 Å². The molecule has 0 N–H and O–H groups in total. The molecule has 0 radical (unpaired) electrons. The Morgan fingerprint density at radius 3 is 1.73 bits per heavy atom. The minimum absolute atomic E-state index is 0.0657. The van der Waals surface area contributed by atoms with Crippen LogP contribution >= 0.6 is 22.7 Å². The summed E-state index contributed by atoms with van der Waals surface area (Å²) in [6, 6.07) is 3.13. The molecular formula is C17H17N5O2S2. The van der Waals surface area contributed by atoms with Crippen molar-refractivity contribution in [1.82, 2.24) is 23.7 Å². The zero-order valence-corrected chi connectivity index (χ0v) is 16.2. The van der Waals surface area contributed by atoms with E-state index < -0.39 is 0 Å². The highest BCUT2D eigenvalue weighted by Gasteiger charge is 2.11. The highest BCUT2D eigenvalue weighted by molar-refractivity contribution is 7.15. The van der Waals surface area contributed by atoms with Crippen LogP contribution in [0.3, 0.4) is 0 Å². The summed E-state index contributed by atoms with van der Waals surface area (Å²) in [6.07, 6.45) is 0. The molecule has 0 aromatic carbocycles. The van der Waals surface area contributed by atoms with Gasteiger partial charge in [-0.15, -0.1) is 22.7 Å². The fraction of sp³-hybridized carbons (Fsp3) is 0.294. The van der Waals surface area contributed by atoms with Crippen LogP contribution in [-0.2, 0) is 13.1 Å². The maximum absolute atomic E-state index is 12.3. The second-order valence-corrected chi connectivity index (χ2v) is 8.01. The van der Waals surface area contributed by atoms with Crippen LogP contribution in [0.1, 0.15) is 22.8 Å². The molecule has 4 heterocycles. The predicted molar refractivity (Wildman–Crippen MR) is 103 cm³/mol. The van der Waals surface area contributed by atoms with Crippen molar-refractivity contribution in [2.24, 2.45) is 0 Å². The molecular weight excluding hydrogens is 370 g/mol. The molecule has 26 heavy (non-hydrogen) atoms. The molecule has 4 aromatic heterocycles. The molecule has 0 unspecified atom stereocenters. The molecule has 4 aromatic rings. The van der Waals surface area contributed by atoms with Gasteiger partial charge in [-0.25, -0.2) is 9.97 Å². The van der Waals surface area contributed by atoms with Gasteiger partial charge in [-0.2, -0.15) is 0 Å². The molecule has 0 atom stereocenters. The minimum Gasteiger partial charge on any atom is -0.295 e. The van der Waals surface area contributed by atoms with Gasteiger partial charge in [0.05, 0.1) is 11.4 Å². The van der Waals surface area contributed by atoms with E-state index in [1.54, 1.807) is 20.9 Å². The van der Waals surface area contributed by atoms with E-state index in [0.717, 1.165) is 11.4 Å². The largest absolute Gasteiger partial charge is 0.295 e. The Balaban J connectivity index is 1.58. The first-order chi connectivity index (χ1) is 12.4. The average molecular weight is 387 g/mol. The molecule has 134 valence electrons. The smallest absolute Gasteiger partial charge is 0.259 e. The summed E-state index contributed by atoms with van der Waals surface area (Å²) >= 11 is 2.91. The lowest BCUT2D eigenvalue weighted by molar-refractivity contribution is 0.311. The zero-order chi connectivity index (χ0) is 18.4. The number of hydrogen-bond acceptors (Lipinski definition) is 7. The van der Waals surface area contributed by atoms with Crippen LogP contribution in [-0.4, -0.2) is 30.7 Å². The van der Waals surface area contributed by atoms with Crippen molar-refractivity contribution in [3.05, 3.63) is 66.4 Å². The molecule has 0 aliphatic carbocycles. The number of fused-ring (bicyclic) bond motifs is 2. The summed E-state index contributed by atoms with van der Waals surface area (Å²) in [7, 11) is 1.92. The highest BCUT2D eigenvalue weighted by Crippen LogP contribution is 2.14. The topological polar surface area (TPSA) is 72.0 Å². The summed E-state index contributed by atoms with van der Waals surface area (Å²) < 4.78 is 3.23. The molecule has 0 spiro atoms. The van der Waals surface area contributed by atoms with Crippen LogP contribution in [0.15, 0.2) is 32.5 Å². The molecule has 4 rings (SSSR count). The SMILES string of the molecule is Cc1csc2nc(CN(C)Cc3cc(=O)n4c(C)csc4n3)cc(=O)n12. The average Bonchev–Trinajstić information content (AvgIpc) is 3.11. The fourth-order valence-corrected chi connectivity index (χ4v) is 4.75. The van der Waals surface area contributed by atoms with Gasteiger partial charge >= 0.3 is 0 Å². The van der Waals surface area contributed by atoms with Crippen LogP contribution in [0.25, 0.3) is 9.92 Å². The van der Waals surface area contributed by atoms with Gasteiger partial charge in [0.25, 0.3) is 11.1 Å². The maximum Gasteiger partial charge on any atom is 0.259 e. The molecule has 9 heteroatoms. The lowest BCUT2D eigenvalue weighted by Crippen LogP contribution is -2.23. The number of aryl methyl sites for hydroxylation is 2. The van der Waals surface area contributed by atoms with Gasteiger partial charge in [-0.1, -0.05) is 0 Å². The number of hydrogen-bond donors (Lipinski definition) is 0. The molecule has 0 amide bonds. The van der Waals surface area contributed by atoms with Crippen LogP contribution in [0, 0.1) is 13.8 Å². The first-order valence-corrected chi connectivity index (χ1v) is 9.80. The van der Waals surface area contributed by atoms with E-state index in [-0.39, 0.29) is 11.1 Å². The van der Waals surface area contributed by atoms with Crippen molar-refractivity contribution in [3.8, 4) is 0 Å². The quantitative estimate of drug-likeness (QED) is 0.536. The van der Waals surface area contributed by atoms with Crippen LogP contribution in [0.2, 0.25) is 0 Å². The fourth-order valence-electron chi connectivity index (χ4n) is 2.97. The van der Waals surface area contributed by atoms with Crippen molar-refractivity contribution < 1.29 is 0 Å². The van der Waals surface area contributed by atoms with Crippen LogP contribution < -0.4 is 11.1 Å². The lowest BCUT2D eigenvalue weighted by Gasteiger charge is -2.15. The van der Waals surface area contributed by atoms with Crippen molar-refractivity contribution in [3.63, 3.8) is 0 Å². The maximum atomic E-state index is 12.3. The molecule has 7 nitrogen and oxygen atoms in total. The summed E-state index contributed by atoms with van der Waals surface area (Å²) in [6.45, 7) is 4.80. The molecule has 0 aliphatic heterocycles. The second kappa shape index (κ2) is 6.42. The molecule has 0 aliphatic rings. The Kier molecular flexibility index (Phi) is 4.22. The Morgan fingerprint density at radius 1 is 0.885 bits per heavy atom. The van der Waals surface area contributed by atoms with Gasteiger partial charge in [-0.3, -0.25) is 23.3 Å². The molecule has 0 saturated carbocycles. The van der Waals surface area contributed by atoms with Crippen molar-refractivity contribution >= 4 is 32.6 Å². The molecule has 0 saturated heterocycles. The standard InChI is InChI=1S/C17H17N5O2S2/c1-10-8-25-16-18-12(4-14(23)21(10)16)6-20(3)7-13-5-15(24)22-11(2)9-26-17(22)19-13/h4-5,8-9H,6-7H2,1-3H3. The third-order valence-electron chi connectivity index (χ3n) is 4.12. The van der Waals surface area contributed by atoms with Crippen molar-refractivity contribution in [2.45, 2.75) is 26.9 Å². The van der Waals surface area contributed by atoms with E-state index in [0.29, 0.717) is 34.4 Å². The third-order valence-corrected chi connectivity index (χ3v) is 6.01. The van der Waals surface area contributed by atoms with Gasteiger partial charge in [0.2, 0.25) is 0 Å². The minimum atomic E-state index is -0.0657. The number of aromatic nitrogens is 4. The Bertz CT molecular complexity index is 1140. The zero-order valence-electron chi connectivity index (χ0n) is 14.6. The van der Waals surface area contributed by atoms with E-state index in [9.17, 15) is 9.59 Å². The highest BCUT2D eigenvalue weighted by atomic mass is 32.1. The van der Waals surface area contributed by atoms with Gasteiger partial charge in [0.15, 0.2) is 9.92 Å². The number of thiazole rings is 2. The Hall–Kier alpha value is -2.36. The van der Waals surface area contributed by atoms with E-state index in [4.69, 9.17) is 0 Å². The summed E-state index contributed by atoms with van der Waals surface area (Å²) in [5.41, 5.74) is 3.08. The lowest BCUT2D eigenvalue weighted by atomic mass is 10.3. The summed E-state index contributed by atoms with van der Waals surface area (Å²) in [4.78, 5) is 37.1. The first kappa shape index (κ1) is 17.1. The van der Waals surface area contributed by atoms with Crippen molar-refractivity contribution in [2.75, 3.05) is 7.05 Å². The Labute approximate surface area is 156 Å². The predicted octanol–water partition coefficient (Wildman–Crippen LogP) is 2.07. The summed E-state index contributed by atoms with van der Waals surface area (Å²) in [5, 5.41) is 3.85. The Morgan fingerprint density at radius 2 is 1.31 bits per heavy atom. The van der Waals surface area contributed by atoms with Gasteiger partial charge in [0.1, 0.15) is 0 Å². The second-order valence-electron chi connectivity index (χ2n) is 6.33. The third kappa shape index (κ3) is 2.98. The van der Waals surface area contributed by atoms with E-state index in [1.807, 2.05) is 36.6 Å². The monoisotopic (exact) mass is 387 g/mol. The van der Waals surface area contributed by atoms with Gasteiger partial charge < -0.3 is 0 Å². The first-order valence-electron chi connectivity index (χ1n) is 8.04. The van der Waals surface area contributed by atoms with E-state index in [1.165, 1.54) is 22.7 Å². The molecule has 0 bridgehead atoms. The van der Waals surface area contributed by atoms with E-state index in [2.05, 4.69) is 9.97 Å². The van der Waals surface area contributed by atoms with Crippen LogP contribution in [0.4, 0.5) is 0 Å². The summed E-state index contributed by atoms with van der Waals surface area (Å²) in [5.74, 6) is 0. The van der Waals surface area contributed by atoms with Crippen LogP contribution in [0.5, 0.6) is 0 Å².